The molecule has 1 saturated carbocycles. The number of benzene rings is 1. The van der Waals surface area contributed by atoms with E-state index in [4.69, 9.17) is 23.2 Å². The largest absolute Gasteiger partial charge is 0.306 e. The van der Waals surface area contributed by atoms with E-state index in [1.165, 1.54) is 37.9 Å². The van der Waals surface area contributed by atoms with Gasteiger partial charge in [0, 0.05) is 12.6 Å². The van der Waals surface area contributed by atoms with Gasteiger partial charge in [-0.25, -0.2) is 0 Å². The van der Waals surface area contributed by atoms with Crippen LogP contribution in [0.25, 0.3) is 0 Å². The van der Waals surface area contributed by atoms with Crippen LogP contribution < -0.4 is 0 Å². The van der Waals surface area contributed by atoms with Crippen molar-refractivity contribution in [2.45, 2.75) is 45.6 Å². The molecule has 2 unspecified atom stereocenters. The van der Waals surface area contributed by atoms with E-state index in [1.807, 2.05) is 12.1 Å². The van der Waals surface area contributed by atoms with Gasteiger partial charge in [-0.05, 0) is 81.4 Å². The van der Waals surface area contributed by atoms with Crippen molar-refractivity contribution in [3.63, 3.8) is 0 Å². The lowest BCUT2D eigenvalue weighted by Gasteiger charge is -2.61. The van der Waals surface area contributed by atoms with Crippen LogP contribution in [0.1, 0.15) is 38.7 Å². The maximum atomic E-state index is 6.09. The van der Waals surface area contributed by atoms with Gasteiger partial charge >= 0.3 is 0 Å². The summed E-state index contributed by atoms with van der Waals surface area (Å²) in [6.45, 7) is 9.70. The molecule has 2 bridgehead atoms. The summed E-state index contributed by atoms with van der Waals surface area (Å²) in [5.74, 6) is 0.979. The molecule has 0 radical (unpaired) electrons. The van der Waals surface area contributed by atoms with E-state index in [9.17, 15) is 0 Å². The average Bonchev–Trinajstić information content (AvgIpc) is 2.56. The Morgan fingerprint density at radius 1 is 1.21 bits per heavy atom. The summed E-state index contributed by atoms with van der Waals surface area (Å²) in [6, 6.07) is 6.78. The predicted molar refractivity (Wildman–Crippen MR) is 104 cm³/mol. The number of fused-ring (bicyclic) bond motifs is 2. The summed E-state index contributed by atoms with van der Waals surface area (Å²) in [5.41, 5.74) is 1.81. The van der Waals surface area contributed by atoms with Crippen molar-refractivity contribution in [2.24, 2.45) is 11.3 Å². The summed E-state index contributed by atoms with van der Waals surface area (Å²) < 4.78 is 0. The van der Waals surface area contributed by atoms with Crippen molar-refractivity contribution in [2.75, 3.05) is 33.2 Å². The maximum Gasteiger partial charge on any atom is 0.0595 e. The summed E-state index contributed by atoms with van der Waals surface area (Å²) in [6.07, 6.45) is 5.11. The summed E-state index contributed by atoms with van der Waals surface area (Å²) in [7, 11) is 2.22. The van der Waals surface area contributed by atoms with Crippen molar-refractivity contribution in [3.05, 3.63) is 33.8 Å². The van der Waals surface area contributed by atoms with Crippen LogP contribution in [0.2, 0.25) is 10.0 Å². The van der Waals surface area contributed by atoms with Crippen molar-refractivity contribution < 1.29 is 0 Å². The molecular formula is C20H30Cl2N2. The average molecular weight is 369 g/mol. The molecule has 3 fully saturated rings. The molecule has 1 aromatic rings. The van der Waals surface area contributed by atoms with Crippen molar-refractivity contribution in [1.82, 2.24) is 9.80 Å². The smallest absolute Gasteiger partial charge is 0.0595 e. The van der Waals surface area contributed by atoms with E-state index < -0.39 is 0 Å². The maximum absolute atomic E-state index is 6.09. The number of likely N-dealkylation sites (N-methyl/N-ethyl adjacent to an activating group) is 1. The zero-order valence-corrected chi connectivity index (χ0v) is 16.7. The van der Waals surface area contributed by atoms with Gasteiger partial charge in [-0.1, -0.05) is 43.1 Å². The Balaban J connectivity index is 1.37. The van der Waals surface area contributed by atoms with Gasteiger partial charge in [-0.2, -0.15) is 0 Å². The Morgan fingerprint density at radius 2 is 2.00 bits per heavy atom. The van der Waals surface area contributed by atoms with Gasteiger partial charge < -0.3 is 4.90 Å². The lowest BCUT2D eigenvalue weighted by atomic mass is 9.54. The molecule has 2 atom stereocenters. The van der Waals surface area contributed by atoms with Crippen LogP contribution in [0, 0.1) is 11.3 Å². The van der Waals surface area contributed by atoms with E-state index in [2.05, 4.69) is 36.8 Å². The third-order valence-electron chi connectivity index (χ3n) is 6.38. The van der Waals surface area contributed by atoms with Gasteiger partial charge in [-0.3, -0.25) is 4.90 Å². The Kier molecular flexibility index (Phi) is 5.81. The number of nitrogens with zero attached hydrogens (tertiary/aromatic N) is 2. The first-order valence-corrected chi connectivity index (χ1v) is 10.00. The quantitative estimate of drug-likeness (QED) is 0.669. The third kappa shape index (κ3) is 3.93. The third-order valence-corrected chi connectivity index (χ3v) is 7.11. The van der Waals surface area contributed by atoms with Crippen LogP contribution in [0.5, 0.6) is 0 Å². The highest BCUT2D eigenvalue weighted by Crippen LogP contribution is 2.53. The van der Waals surface area contributed by atoms with Gasteiger partial charge in [0.25, 0.3) is 0 Å². The molecule has 4 rings (SSSR count). The molecule has 0 N–H and O–H groups in total. The second kappa shape index (κ2) is 7.53. The molecule has 1 aliphatic carbocycles. The van der Waals surface area contributed by atoms with Gasteiger partial charge in [0.1, 0.15) is 0 Å². The lowest BCUT2D eigenvalue weighted by Crippen LogP contribution is -2.63. The lowest BCUT2D eigenvalue weighted by molar-refractivity contribution is -0.112. The van der Waals surface area contributed by atoms with E-state index in [0.29, 0.717) is 15.5 Å². The highest BCUT2D eigenvalue weighted by Gasteiger charge is 2.53. The molecule has 134 valence electrons. The molecule has 4 heteroatoms. The van der Waals surface area contributed by atoms with Crippen LogP contribution in [0.4, 0.5) is 0 Å². The van der Waals surface area contributed by atoms with Crippen LogP contribution in [-0.2, 0) is 6.42 Å². The van der Waals surface area contributed by atoms with E-state index in [0.717, 1.165) is 31.5 Å². The van der Waals surface area contributed by atoms with E-state index >= 15 is 0 Å². The number of rotatable bonds is 7. The Morgan fingerprint density at radius 3 is 2.67 bits per heavy atom. The zero-order valence-electron chi connectivity index (χ0n) is 15.2. The summed E-state index contributed by atoms with van der Waals surface area (Å²) in [4.78, 5) is 5.17. The fraction of sp³-hybridized carbons (Fsp3) is 0.700. The minimum atomic E-state index is 0.554. The molecule has 2 heterocycles. The van der Waals surface area contributed by atoms with E-state index in [-0.39, 0.29) is 0 Å². The number of hydrogen-bond donors (Lipinski definition) is 0. The Labute approximate surface area is 157 Å². The van der Waals surface area contributed by atoms with Gasteiger partial charge in [-0.15, -0.1) is 0 Å². The topological polar surface area (TPSA) is 6.48 Å². The van der Waals surface area contributed by atoms with E-state index in [1.54, 1.807) is 0 Å². The molecule has 2 saturated heterocycles. The first-order chi connectivity index (χ1) is 11.4. The highest BCUT2D eigenvalue weighted by molar-refractivity contribution is 6.42. The molecular weight excluding hydrogens is 339 g/mol. The fourth-order valence-corrected chi connectivity index (χ4v) is 4.83. The summed E-state index contributed by atoms with van der Waals surface area (Å²) in [5, 5.41) is 1.29. The standard InChI is InChI=1S/C20H30Cl2N2/c1-20(2)16-8-12-24(19(20)14-16)10-4-9-23(3)11-7-15-5-6-17(21)18(22)13-15/h5-6,13,16,19H,4,7-12,14H2,1-3H3. The minimum Gasteiger partial charge on any atom is -0.306 e. The molecule has 0 aromatic heterocycles. The molecule has 24 heavy (non-hydrogen) atoms. The number of piperidine rings is 2. The Bertz CT molecular complexity index is 571. The summed E-state index contributed by atoms with van der Waals surface area (Å²) >= 11 is 12.1. The van der Waals surface area contributed by atoms with Crippen LogP contribution in [0.15, 0.2) is 18.2 Å². The molecule has 0 spiro atoms. The molecule has 3 aliphatic rings. The van der Waals surface area contributed by atoms with Crippen LogP contribution >= 0.6 is 23.2 Å². The van der Waals surface area contributed by atoms with Gasteiger partial charge in [0.05, 0.1) is 10.0 Å². The first-order valence-electron chi connectivity index (χ1n) is 9.24. The second-order valence-corrected chi connectivity index (χ2v) is 9.06. The normalized spacial score (nSPS) is 25.8. The van der Waals surface area contributed by atoms with Gasteiger partial charge in [0.15, 0.2) is 0 Å². The predicted octanol–water partition coefficient (Wildman–Crippen LogP) is 4.98. The monoisotopic (exact) mass is 368 g/mol. The zero-order chi connectivity index (χ0) is 17.3. The molecule has 1 aromatic carbocycles. The fourth-order valence-electron chi connectivity index (χ4n) is 4.51. The number of halogens is 2. The first kappa shape index (κ1) is 18.5. The van der Waals surface area contributed by atoms with Crippen LogP contribution in [0.3, 0.4) is 0 Å². The SMILES string of the molecule is CN(CCCN1CCC2CC1C2(C)C)CCc1ccc(Cl)c(Cl)c1. The molecule has 2 aliphatic heterocycles. The van der Waals surface area contributed by atoms with Crippen molar-refractivity contribution in [3.8, 4) is 0 Å². The second-order valence-electron chi connectivity index (χ2n) is 8.25. The Hall–Kier alpha value is -0.280. The molecule has 2 nitrogen and oxygen atoms in total. The molecule has 0 amide bonds. The highest BCUT2D eigenvalue weighted by atomic mass is 35.5. The van der Waals surface area contributed by atoms with Crippen molar-refractivity contribution >= 4 is 23.2 Å². The number of hydrogen-bond acceptors (Lipinski definition) is 2. The minimum absolute atomic E-state index is 0.554. The van der Waals surface area contributed by atoms with Gasteiger partial charge in [0.2, 0.25) is 0 Å². The van der Waals surface area contributed by atoms with Crippen molar-refractivity contribution in [1.29, 1.82) is 0 Å². The van der Waals surface area contributed by atoms with Crippen LogP contribution in [-0.4, -0.2) is 49.1 Å².